The third-order valence-corrected chi connectivity index (χ3v) is 4.19. The van der Waals surface area contributed by atoms with Gasteiger partial charge in [-0.05, 0) is 24.6 Å². The third kappa shape index (κ3) is 3.31. The number of rotatable bonds is 2. The van der Waals surface area contributed by atoms with Crippen molar-refractivity contribution in [3.8, 4) is 11.5 Å². The smallest absolute Gasteiger partial charge is 0.227 e. The molecule has 2 aliphatic heterocycles. The van der Waals surface area contributed by atoms with Crippen LogP contribution in [0.15, 0.2) is 12.1 Å². The van der Waals surface area contributed by atoms with Crippen LogP contribution >= 0.6 is 11.6 Å². The lowest BCUT2D eigenvalue weighted by Crippen LogP contribution is -2.47. The molecule has 0 aromatic heterocycles. The van der Waals surface area contributed by atoms with Crippen molar-refractivity contribution in [1.29, 1.82) is 0 Å². The number of halogens is 1. The monoisotopic (exact) mass is 325 g/mol. The first-order valence-corrected chi connectivity index (χ1v) is 7.98. The van der Waals surface area contributed by atoms with Crippen molar-refractivity contribution in [2.75, 3.05) is 33.0 Å². The van der Waals surface area contributed by atoms with Gasteiger partial charge in [-0.25, -0.2) is 0 Å². The summed E-state index contributed by atoms with van der Waals surface area (Å²) in [7, 11) is 0. The number of benzene rings is 1. The first-order valence-electron chi connectivity index (χ1n) is 7.60. The summed E-state index contributed by atoms with van der Waals surface area (Å²) >= 11 is 6.27. The molecule has 22 heavy (non-hydrogen) atoms. The second-order valence-electron chi connectivity index (χ2n) is 5.64. The average molecular weight is 326 g/mol. The molecule has 2 heterocycles. The van der Waals surface area contributed by atoms with E-state index >= 15 is 0 Å². The van der Waals surface area contributed by atoms with Crippen molar-refractivity contribution in [3.63, 3.8) is 0 Å². The van der Waals surface area contributed by atoms with E-state index in [-0.39, 0.29) is 11.9 Å². The first-order chi connectivity index (χ1) is 10.6. The van der Waals surface area contributed by atoms with Crippen LogP contribution in [0.2, 0.25) is 5.02 Å². The molecule has 0 spiro atoms. The molecule has 1 fully saturated rings. The third-order valence-electron chi connectivity index (χ3n) is 3.91. The van der Waals surface area contributed by atoms with Crippen LogP contribution < -0.4 is 9.47 Å². The van der Waals surface area contributed by atoms with Crippen LogP contribution in [0.1, 0.15) is 18.9 Å². The van der Waals surface area contributed by atoms with Crippen LogP contribution in [0.25, 0.3) is 0 Å². The van der Waals surface area contributed by atoms with Gasteiger partial charge in [0, 0.05) is 13.0 Å². The van der Waals surface area contributed by atoms with Crippen molar-refractivity contribution in [2.45, 2.75) is 25.8 Å². The second kappa shape index (κ2) is 6.75. The van der Waals surface area contributed by atoms with Crippen molar-refractivity contribution in [3.05, 3.63) is 22.7 Å². The number of fused-ring (bicyclic) bond motifs is 1. The highest BCUT2D eigenvalue weighted by atomic mass is 35.5. The van der Waals surface area contributed by atoms with E-state index in [0.29, 0.717) is 55.9 Å². The number of morpholine rings is 1. The highest BCUT2D eigenvalue weighted by Gasteiger charge is 2.24. The molecule has 3 rings (SSSR count). The maximum atomic E-state index is 12.5. The van der Waals surface area contributed by atoms with Gasteiger partial charge in [0.1, 0.15) is 0 Å². The standard InChI is InChI=1S/C16H20ClNO4/c1-11-10-20-6-3-18(11)15(19)9-12-7-13(17)16-14(8-12)21-4-2-5-22-16/h7-8,11H,2-6,9-10H2,1H3/t11-/m1/s1. The van der Waals surface area contributed by atoms with Gasteiger partial charge in [0.25, 0.3) is 0 Å². The Bertz CT molecular complexity index is 563. The molecule has 1 atom stereocenters. The molecular formula is C16H20ClNO4. The van der Waals surface area contributed by atoms with E-state index in [1.54, 1.807) is 6.07 Å². The van der Waals surface area contributed by atoms with Gasteiger partial charge < -0.3 is 19.1 Å². The van der Waals surface area contributed by atoms with Crippen LogP contribution in [0, 0.1) is 0 Å². The fourth-order valence-electron chi connectivity index (χ4n) is 2.76. The number of carbonyl (C=O) groups excluding carboxylic acids is 1. The lowest BCUT2D eigenvalue weighted by molar-refractivity contribution is -0.138. The van der Waals surface area contributed by atoms with E-state index in [9.17, 15) is 4.79 Å². The summed E-state index contributed by atoms with van der Waals surface area (Å²) in [6.07, 6.45) is 1.13. The fourth-order valence-corrected chi connectivity index (χ4v) is 3.05. The summed E-state index contributed by atoms with van der Waals surface area (Å²) in [5.41, 5.74) is 0.845. The van der Waals surface area contributed by atoms with E-state index in [1.807, 2.05) is 17.9 Å². The molecule has 1 aromatic carbocycles. The number of hydrogen-bond acceptors (Lipinski definition) is 4. The molecule has 0 unspecified atom stereocenters. The molecule has 5 nitrogen and oxygen atoms in total. The van der Waals surface area contributed by atoms with E-state index in [0.717, 1.165) is 12.0 Å². The van der Waals surface area contributed by atoms with Gasteiger partial charge >= 0.3 is 0 Å². The minimum absolute atomic E-state index is 0.0846. The van der Waals surface area contributed by atoms with Crippen LogP contribution in [0.5, 0.6) is 11.5 Å². The molecule has 0 radical (unpaired) electrons. The number of ether oxygens (including phenoxy) is 3. The minimum atomic E-state index is 0.0846. The largest absolute Gasteiger partial charge is 0.489 e. The zero-order chi connectivity index (χ0) is 15.5. The maximum absolute atomic E-state index is 12.5. The molecule has 6 heteroatoms. The van der Waals surface area contributed by atoms with Gasteiger partial charge in [-0.15, -0.1) is 0 Å². The summed E-state index contributed by atoms with van der Waals surface area (Å²) in [4.78, 5) is 14.3. The van der Waals surface area contributed by atoms with Crippen LogP contribution in [-0.4, -0.2) is 49.8 Å². The zero-order valence-corrected chi connectivity index (χ0v) is 13.4. The topological polar surface area (TPSA) is 48.0 Å². The normalized spacial score (nSPS) is 21.4. The van der Waals surface area contributed by atoms with E-state index in [1.165, 1.54) is 0 Å². The van der Waals surface area contributed by atoms with Gasteiger partial charge in [-0.1, -0.05) is 11.6 Å². The van der Waals surface area contributed by atoms with Gasteiger partial charge in [0.2, 0.25) is 5.91 Å². The molecule has 2 aliphatic rings. The van der Waals surface area contributed by atoms with Gasteiger partial charge in [-0.3, -0.25) is 4.79 Å². The van der Waals surface area contributed by atoms with Gasteiger partial charge in [0.05, 0.1) is 43.9 Å². The number of hydrogen-bond donors (Lipinski definition) is 0. The highest BCUT2D eigenvalue weighted by Crippen LogP contribution is 2.38. The van der Waals surface area contributed by atoms with Crippen molar-refractivity contribution in [1.82, 2.24) is 4.90 Å². The molecular weight excluding hydrogens is 306 g/mol. The van der Waals surface area contributed by atoms with Crippen LogP contribution in [0.3, 0.4) is 0 Å². The molecule has 0 aliphatic carbocycles. The maximum Gasteiger partial charge on any atom is 0.227 e. The fraction of sp³-hybridized carbons (Fsp3) is 0.562. The molecule has 1 aromatic rings. The SMILES string of the molecule is C[C@@H]1COCCN1C(=O)Cc1cc(Cl)c2c(c1)OCCCO2. The predicted molar refractivity (Wildman–Crippen MR) is 82.8 cm³/mol. The Morgan fingerprint density at radius 3 is 2.95 bits per heavy atom. The molecule has 0 N–H and O–H groups in total. The molecule has 1 amide bonds. The van der Waals surface area contributed by atoms with Crippen molar-refractivity contribution >= 4 is 17.5 Å². The van der Waals surface area contributed by atoms with Gasteiger partial charge in [-0.2, -0.15) is 0 Å². The molecule has 120 valence electrons. The quantitative estimate of drug-likeness (QED) is 0.837. The lowest BCUT2D eigenvalue weighted by Gasteiger charge is -2.33. The summed E-state index contributed by atoms with van der Waals surface area (Å²) in [6, 6.07) is 3.75. The average Bonchev–Trinajstić information content (AvgIpc) is 2.73. The van der Waals surface area contributed by atoms with Crippen LogP contribution in [-0.2, 0) is 16.0 Å². The Balaban J connectivity index is 1.76. The summed E-state index contributed by atoms with van der Waals surface area (Å²) in [5, 5.41) is 0.497. The minimum Gasteiger partial charge on any atom is -0.489 e. The number of amides is 1. The highest BCUT2D eigenvalue weighted by molar-refractivity contribution is 6.32. The Hall–Kier alpha value is -1.46. The Morgan fingerprint density at radius 2 is 2.14 bits per heavy atom. The van der Waals surface area contributed by atoms with E-state index < -0.39 is 0 Å². The van der Waals surface area contributed by atoms with E-state index in [4.69, 9.17) is 25.8 Å². The first kappa shape index (κ1) is 15.4. The van der Waals surface area contributed by atoms with Gasteiger partial charge in [0.15, 0.2) is 11.5 Å². The molecule has 0 bridgehead atoms. The Labute approximate surface area is 135 Å². The predicted octanol–water partition coefficient (Wildman–Crippen LogP) is 2.29. The summed E-state index contributed by atoms with van der Waals surface area (Å²) in [5.74, 6) is 1.29. The van der Waals surface area contributed by atoms with Crippen molar-refractivity contribution in [2.24, 2.45) is 0 Å². The Morgan fingerprint density at radius 1 is 1.32 bits per heavy atom. The van der Waals surface area contributed by atoms with E-state index in [2.05, 4.69) is 0 Å². The molecule has 1 saturated heterocycles. The Kier molecular flexibility index (Phi) is 4.74. The summed E-state index contributed by atoms with van der Waals surface area (Å²) in [6.45, 7) is 5.01. The number of carbonyl (C=O) groups is 1. The van der Waals surface area contributed by atoms with Crippen LogP contribution in [0.4, 0.5) is 0 Å². The summed E-state index contributed by atoms with van der Waals surface area (Å²) < 4.78 is 16.6. The number of nitrogens with zero attached hydrogens (tertiary/aromatic N) is 1. The lowest BCUT2D eigenvalue weighted by atomic mass is 10.1. The second-order valence-corrected chi connectivity index (χ2v) is 6.05. The van der Waals surface area contributed by atoms with Crippen molar-refractivity contribution < 1.29 is 19.0 Å². The molecule has 0 saturated carbocycles. The zero-order valence-electron chi connectivity index (χ0n) is 12.6.